The summed E-state index contributed by atoms with van der Waals surface area (Å²) >= 11 is 0. The number of nitrogens with zero attached hydrogens (tertiary/aromatic N) is 1. The first-order valence-electron chi connectivity index (χ1n) is 7.31. The third kappa shape index (κ3) is 3.46. The monoisotopic (exact) mass is 270 g/mol. The molecule has 0 aromatic rings. The van der Waals surface area contributed by atoms with E-state index in [0.29, 0.717) is 25.2 Å². The number of piperidine rings is 1. The van der Waals surface area contributed by atoms with Gasteiger partial charge in [-0.3, -0.25) is 0 Å². The Hall–Kier alpha value is -0.650. The summed E-state index contributed by atoms with van der Waals surface area (Å²) in [6.45, 7) is 4.74. The number of likely N-dealkylation sites (tertiary alicyclic amines) is 1. The number of ether oxygens (including phenoxy) is 2. The van der Waals surface area contributed by atoms with Gasteiger partial charge in [0.05, 0.1) is 12.7 Å². The van der Waals surface area contributed by atoms with Crippen molar-refractivity contribution >= 4 is 5.97 Å². The van der Waals surface area contributed by atoms with Crippen LogP contribution >= 0.6 is 0 Å². The maximum Gasteiger partial charge on any atom is 0.327 e. The maximum atomic E-state index is 12.1. The molecule has 2 N–H and O–H groups in total. The Labute approximate surface area is 115 Å². The molecule has 1 unspecified atom stereocenters. The summed E-state index contributed by atoms with van der Waals surface area (Å²) in [5, 5.41) is 0. The van der Waals surface area contributed by atoms with Crippen molar-refractivity contribution < 1.29 is 14.3 Å². The Kier molecular flexibility index (Phi) is 4.81. The second-order valence-corrected chi connectivity index (χ2v) is 5.75. The Morgan fingerprint density at radius 2 is 1.95 bits per heavy atom. The molecular formula is C14H26N2O3. The molecule has 2 rings (SSSR count). The van der Waals surface area contributed by atoms with Crippen LogP contribution in [0.5, 0.6) is 0 Å². The van der Waals surface area contributed by atoms with Crippen LogP contribution in [0.4, 0.5) is 0 Å². The molecule has 0 spiro atoms. The lowest BCUT2D eigenvalue weighted by molar-refractivity contribution is -0.151. The lowest BCUT2D eigenvalue weighted by Gasteiger charge is -2.37. The van der Waals surface area contributed by atoms with Gasteiger partial charge in [0.15, 0.2) is 0 Å². The van der Waals surface area contributed by atoms with Crippen LogP contribution in [0.3, 0.4) is 0 Å². The summed E-state index contributed by atoms with van der Waals surface area (Å²) in [7, 11) is 1.76. The quantitative estimate of drug-likeness (QED) is 0.722. The van der Waals surface area contributed by atoms with Crippen molar-refractivity contribution in [2.24, 2.45) is 11.7 Å². The van der Waals surface area contributed by atoms with Crippen LogP contribution in [-0.4, -0.2) is 55.9 Å². The van der Waals surface area contributed by atoms with Gasteiger partial charge in [-0.2, -0.15) is 0 Å². The van der Waals surface area contributed by atoms with Gasteiger partial charge in [0.1, 0.15) is 5.54 Å². The van der Waals surface area contributed by atoms with Crippen LogP contribution in [0, 0.1) is 5.92 Å². The first-order chi connectivity index (χ1) is 9.10. The van der Waals surface area contributed by atoms with Crippen molar-refractivity contribution in [1.82, 2.24) is 4.90 Å². The summed E-state index contributed by atoms with van der Waals surface area (Å²) in [6, 6.07) is 0. The predicted octanol–water partition coefficient (Wildman–Crippen LogP) is 0.768. The lowest BCUT2D eigenvalue weighted by atomic mass is 9.92. The molecule has 0 bridgehead atoms. The van der Waals surface area contributed by atoms with E-state index >= 15 is 0 Å². The number of rotatable bonds is 6. The zero-order valence-corrected chi connectivity index (χ0v) is 12.1. The Morgan fingerprint density at radius 1 is 1.32 bits per heavy atom. The number of carbonyl (C=O) groups excluding carboxylic acids is 1. The van der Waals surface area contributed by atoms with Gasteiger partial charge in [0, 0.05) is 26.7 Å². The molecule has 0 radical (unpaired) electrons. The molecule has 5 nitrogen and oxygen atoms in total. The molecule has 0 amide bonds. The maximum absolute atomic E-state index is 12.1. The van der Waals surface area contributed by atoms with Gasteiger partial charge in [0.2, 0.25) is 0 Å². The number of hydrogen-bond acceptors (Lipinski definition) is 5. The highest BCUT2D eigenvalue weighted by Gasteiger charge is 2.50. The van der Waals surface area contributed by atoms with Crippen LogP contribution in [0.25, 0.3) is 0 Å². The minimum Gasteiger partial charge on any atom is -0.465 e. The molecule has 1 saturated carbocycles. The van der Waals surface area contributed by atoms with E-state index < -0.39 is 5.54 Å². The SMILES string of the molecule is CCOC(=O)C(N)(CN1CCC(OC)CC1)C1CC1. The number of methoxy groups -OCH3 is 1. The van der Waals surface area contributed by atoms with Gasteiger partial charge in [0.25, 0.3) is 0 Å². The molecule has 2 aliphatic rings. The van der Waals surface area contributed by atoms with Crippen LogP contribution in [0.15, 0.2) is 0 Å². The molecular weight excluding hydrogens is 244 g/mol. The molecule has 1 heterocycles. The fourth-order valence-electron chi connectivity index (χ4n) is 2.90. The normalized spacial score (nSPS) is 25.0. The van der Waals surface area contributed by atoms with E-state index in [-0.39, 0.29) is 5.97 Å². The molecule has 1 atom stereocenters. The topological polar surface area (TPSA) is 64.8 Å². The highest BCUT2D eigenvalue weighted by atomic mass is 16.5. The van der Waals surface area contributed by atoms with Crippen molar-refractivity contribution in [3.05, 3.63) is 0 Å². The van der Waals surface area contributed by atoms with Crippen molar-refractivity contribution in [2.45, 2.75) is 44.2 Å². The molecule has 5 heteroatoms. The molecule has 1 aliphatic carbocycles. The minimum atomic E-state index is -0.810. The van der Waals surface area contributed by atoms with Crippen molar-refractivity contribution in [3.63, 3.8) is 0 Å². The number of nitrogens with two attached hydrogens (primary N) is 1. The molecule has 1 saturated heterocycles. The summed E-state index contributed by atoms with van der Waals surface area (Å²) < 4.78 is 10.5. The number of esters is 1. The van der Waals surface area contributed by atoms with Gasteiger partial charge in [-0.25, -0.2) is 4.79 Å². The molecule has 110 valence electrons. The Morgan fingerprint density at radius 3 is 2.42 bits per heavy atom. The first kappa shape index (κ1) is 14.8. The fraction of sp³-hybridized carbons (Fsp3) is 0.929. The molecule has 2 fully saturated rings. The average Bonchev–Trinajstić information content (AvgIpc) is 3.24. The third-order valence-electron chi connectivity index (χ3n) is 4.31. The smallest absolute Gasteiger partial charge is 0.327 e. The third-order valence-corrected chi connectivity index (χ3v) is 4.31. The highest BCUT2D eigenvalue weighted by Crippen LogP contribution is 2.39. The van der Waals surface area contributed by atoms with Gasteiger partial charge >= 0.3 is 5.97 Å². The number of carbonyl (C=O) groups is 1. The highest BCUT2D eigenvalue weighted by molar-refractivity contribution is 5.82. The fourth-order valence-corrected chi connectivity index (χ4v) is 2.90. The lowest BCUT2D eigenvalue weighted by Crippen LogP contribution is -2.59. The van der Waals surface area contributed by atoms with E-state index in [4.69, 9.17) is 15.2 Å². The van der Waals surface area contributed by atoms with Crippen molar-refractivity contribution in [1.29, 1.82) is 0 Å². The van der Waals surface area contributed by atoms with Crippen molar-refractivity contribution in [2.75, 3.05) is 33.4 Å². The van der Waals surface area contributed by atoms with E-state index in [2.05, 4.69) is 4.90 Å². The predicted molar refractivity (Wildman–Crippen MR) is 72.7 cm³/mol. The van der Waals surface area contributed by atoms with Gasteiger partial charge in [-0.1, -0.05) is 0 Å². The van der Waals surface area contributed by atoms with Crippen LogP contribution in [0.1, 0.15) is 32.6 Å². The standard InChI is InChI=1S/C14H26N2O3/c1-3-19-13(17)14(15,11-4-5-11)10-16-8-6-12(18-2)7-9-16/h11-12H,3-10,15H2,1-2H3. The van der Waals surface area contributed by atoms with E-state index in [9.17, 15) is 4.79 Å². The van der Waals surface area contributed by atoms with Gasteiger partial charge in [-0.15, -0.1) is 0 Å². The zero-order valence-electron chi connectivity index (χ0n) is 12.1. The minimum absolute atomic E-state index is 0.230. The van der Waals surface area contributed by atoms with Gasteiger partial charge < -0.3 is 20.1 Å². The van der Waals surface area contributed by atoms with Crippen molar-refractivity contribution in [3.8, 4) is 0 Å². The molecule has 0 aromatic carbocycles. The van der Waals surface area contributed by atoms with Crippen LogP contribution in [0.2, 0.25) is 0 Å². The molecule has 19 heavy (non-hydrogen) atoms. The first-order valence-corrected chi connectivity index (χ1v) is 7.31. The summed E-state index contributed by atoms with van der Waals surface area (Å²) in [5.74, 6) is 0.0677. The van der Waals surface area contributed by atoms with E-state index in [0.717, 1.165) is 38.8 Å². The summed E-state index contributed by atoms with van der Waals surface area (Å²) in [6.07, 6.45) is 4.47. The average molecular weight is 270 g/mol. The largest absolute Gasteiger partial charge is 0.465 e. The zero-order chi connectivity index (χ0) is 13.9. The van der Waals surface area contributed by atoms with Crippen LogP contribution < -0.4 is 5.73 Å². The summed E-state index contributed by atoms with van der Waals surface area (Å²) in [4.78, 5) is 14.4. The molecule has 1 aliphatic heterocycles. The van der Waals surface area contributed by atoms with E-state index in [1.165, 1.54) is 0 Å². The van der Waals surface area contributed by atoms with Crippen LogP contribution in [-0.2, 0) is 14.3 Å². The summed E-state index contributed by atoms with van der Waals surface area (Å²) in [5.41, 5.74) is 5.57. The van der Waals surface area contributed by atoms with Gasteiger partial charge in [-0.05, 0) is 38.5 Å². The second kappa shape index (κ2) is 6.20. The Balaban J connectivity index is 1.92. The molecule has 0 aromatic heterocycles. The number of hydrogen-bond donors (Lipinski definition) is 1. The Bertz CT molecular complexity index is 312. The second-order valence-electron chi connectivity index (χ2n) is 5.75. The van der Waals surface area contributed by atoms with E-state index in [1.54, 1.807) is 7.11 Å². The van der Waals surface area contributed by atoms with E-state index in [1.807, 2.05) is 6.92 Å².